The van der Waals surface area contributed by atoms with Crippen LogP contribution in [0.4, 0.5) is 5.69 Å². The van der Waals surface area contributed by atoms with E-state index in [1.165, 1.54) is 0 Å². The maximum absolute atomic E-state index is 12.9. The predicted octanol–water partition coefficient (Wildman–Crippen LogP) is 4.17. The molecule has 0 saturated carbocycles. The van der Waals surface area contributed by atoms with E-state index in [-0.39, 0.29) is 5.43 Å². The highest BCUT2D eigenvalue weighted by Crippen LogP contribution is 2.35. The zero-order valence-electron chi connectivity index (χ0n) is 16.3. The van der Waals surface area contributed by atoms with Crippen molar-refractivity contribution in [2.75, 3.05) is 5.32 Å². The summed E-state index contributed by atoms with van der Waals surface area (Å²) in [6, 6.07) is 12.8. The topological polar surface area (TPSA) is 96.6 Å². The number of carbonyl (C=O) groups excluding carboxylic acids is 1. The fourth-order valence-electron chi connectivity index (χ4n) is 3.57. The SMILES string of the molecule is Cc1ccccc1/C=C1\CCc2c1oc1cc(NC(=O)/C=C/C(=O)O)ccc1c2=O. The molecule has 0 unspecified atom stereocenters. The lowest BCUT2D eigenvalue weighted by Crippen LogP contribution is -2.11. The number of rotatable bonds is 4. The van der Waals surface area contributed by atoms with E-state index < -0.39 is 11.9 Å². The van der Waals surface area contributed by atoms with Crippen molar-refractivity contribution in [2.45, 2.75) is 19.8 Å². The number of allylic oxidation sites excluding steroid dienone is 1. The van der Waals surface area contributed by atoms with E-state index >= 15 is 0 Å². The molecule has 6 nitrogen and oxygen atoms in total. The second-order valence-corrected chi connectivity index (χ2v) is 7.14. The molecule has 0 fully saturated rings. The minimum Gasteiger partial charge on any atom is -0.478 e. The van der Waals surface area contributed by atoms with E-state index in [1.807, 2.05) is 31.2 Å². The van der Waals surface area contributed by atoms with Gasteiger partial charge in [0.05, 0.1) is 5.39 Å². The summed E-state index contributed by atoms with van der Waals surface area (Å²) < 4.78 is 6.10. The Hall–Kier alpha value is -3.93. The van der Waals surface area contributed by atoms with Crippen molar-refractivity contribution >= 4 is 40.2 Å². The summed E-state index contributed by atoms with van der Waals surface area (Å²) in [5.74, 6) is -1.21. The molecule has 4 rings (SSSR count). The van der Waals surface area contributed by atoms with Gasteiger partial charge in [-0.1, -0.05) is 24.3 Å². The number of carboxylic acids is 1. The van der Waals surface area contributed by atoms with Crippen molar-refractivity contribution in [2.24, 2.45) is 0 Å². The Morgan fingerprint density at radius 3 is 2.67 bits per heavy atom. The summed E-state index contributed by atoms with van der Waals surface area (Å²) in [4.78, 5) is 35.3. The molecular weight excluding hydrogens is 382 g/mol. The van der Waals surface area contributed by atoms with Crippen LogP contribution < -0.4 is 10.7 Å². The van der Waals surface area contributed by atoms with Gasteiger partial charge in [0.25, 0.3) is 0 Å². The molecule has 1 aliphatic rings. The molecule has 150 valence electrons. The summed E-state index contributed by atoms with van der Waals surface area (Å²) in [7, 11) is 0. The number of nitrogens with one attached hydrogen (secondary N) is 1. The zero-order chi connectivity index (χ0) is 21.3. The Morgan fingerprint density at radius 2 is 1.90 bits per heavy atom. The molecule has 3 aromatic rings. The van der Waals surface area contributed by atoms with Crippen LogP contribution in [-0.4, -0.2) is 17.0 Å². The van der Waals surface area contributed by atoms with Crippen molar-refractivity contribution in [3.8, 4) is 0 Å². The Bertz CT molecular complexity index is 1300. The monoisotopic (exact) mass is 401 g/mol. The van der Waals surface area contributed by atoms with Gasteiger partial charge >= 0.3 is 5.97 Å². The van der Waals surface area contributed by atoms with Crippen LogP contribution in [0.15, 0.2) is 63.8 Å². The first-order valence-electron chi connectivity index (χ1n) is 9.50. The van der Waals surface area contributed by atoms with E-state index in [0.717, 1.165) is 35.3 Å². The molecular formula is C24H19NO5. The van der Waals surface area contributed by atoms with Gasteiger partial charge in [0.2, 0.25) is 5.91 Å². The van der Waals surface area contributed by atoms with Gasteiger partial charge in [0.1, 0.15) is 11.3 Å². The minimum absolute atomic E-state index is 0.0666. The number of hydrogen-bond donors (Lipinski definition) is 2. The summed E-state index contributed by atoms with van der Waals surface area (Å²) in [5.41, 5.74) is 4.57. The first-order chi connectivity index (χ1) is 14.4. The number of carboxylic acid groups (broad SMARTS) is 1. The van der Waals surface area contributed by atoms with Crippen LogP contribution in [0.2, 0.25) is 0 Å². The lowest BCUT2D eigenvalue weighted by molar-refractivity contribution is -0.131. The fourth-order valence-corrected chi connectivity index (χ4v) is 3.57. The van der Waals surface area contributed by atoms with E-state index in [9.17, 15) is 14.4 Å². The third-order valence-corrected chi connectivity index (χ3v) is 5.09. The number of aliphatic carboxylic acids is 1. The Labute approximate surface area is 172 Å². The van der Waals surface area contributed by atoms with Gasteiger partial charge in [-0.05, 0) is 54.7 Å². The summed E-state index contributed by atoms with van der Waals surface area (Å²) in [5, 5.41) is 11.6. The average molecular weight is 401 g/mol. The molecule has 1 heterocycles. The first-order valence-corrected chi connectivity index (χ1v) is 9.50. The number of amides is 1. The second kappa shape index (κ2) is 7.83. The number of fused-ring (bicyclic) bond motifs is 2. The third kappa shape index (κ3) is 3.80. The molecule has 0 spiro atoms. The molecule has 1 amide bonds. The quantitative estimate of drug-likeness (QED) is 0.640. The van der Waals surface area contributed by atoms with Crippen LogP contribution in [-0.2, 0) is 16.0 Å². The maximum atomic E-state index is 12.9. The van der Waals surface area contributed by atoms with E-state index in [4.69, 9.17) is 9.52 Å². The van der Waals surface area contributed by atoms with Crippen LogP contribution in [0.1, 0.15) is 28.9 Å². The first kappa shape index (κ1) is 19.4. The molecule has 0 bridgehead atoms. The number of carbonyl (C=O) groups is 2. The van der Waals surface area contributed by atoms with E-state index in [2.05, 4.69) is 11.4 Å². The smallest absolute Gasteiger partial charge is 0.328 e. The largest absolute Gasteiger partial charge is 0.478 e. The summed E-state index contributed by atoms with van der Waals surface area (Å²) in [6.07, 6.45) is 5.09. The molecule has 6 heteroatoms. The number of benzene rings is 2. The Kier molecular flexibility index (Phi) is 5.06. The number of aryl methyl sites for hydroxylation is 1. The van der Waals surface area contributed by atoms with Crippen molar-refractivity contribution in [1.82, 2.24) is 0 Å². The minimum atomic E-state index is -1.21. The molecule has 0 radical (unpaired) electrons. The fraction of sp³-hybridized carbons (Fsp3) is 0.125. The zero-order valence-corrected chi connectivity index (χ0v) is 16.3. The van der Waals surface area contributed by atoms with Crippen molar-refractivity contribution in [1.29, 1.82) is 0 Å². The molecule has 2 aromatic carbocycles. The Balaban J connectivity index is 1.73. The lowest BCUT2D eigenvalue weighted by atomic mass is 10.0. The standard InChI is InChI=1S/C24H19NO5/c1-14-4-2-3-5-15(14)12-16-6-8-19-23(29)18-9-7-17(13-20(18)30-24(16)19)25-21(26)10-11-22(27)28/h2-5,7,9-13H,6,8H2,1H3,(H,25,26)(H,27,28)/b11-10+,16-12+. The van der Waals surface area contributed by atoms with Crippen LogP contribution >= 0.6 is 0 Å². The van der Waals surface area contributed by atoms with Crippen molar-refractivity contribution in [3.63, 3.8) is 0 Å². The lowest BCUT2D eigenvalue weighted by Gasteiger charge is -2.07. The van der Waals surface area contributed by atoms with E-state index in [0.29, 0.717) is 34.4 Å². The van der Waals surface area contributed by atoms with Gasteiger partial charge in [-0.3, -0.25) is 9.59 Å². The molecule has 30 heavy (non-hydrogen) atoms. The van der Waals surface area contributed by atoms with Gasteiger partial charge in [-0.2, -0.15) is 0 Å². The third-order valence-electron chi connectivity index (χ3n) is 5.09. The Morgan fingerprint density at radius 1 is 1.10 bits per heavy atom. The van der Waals surface area contributed by atoms with Gasteiger partial charge in [0, 0.05) is 29.5 Å². The van der Waals surface area contributed by atoms with Gasteiger partial charge in [0.15, 0.2) is 5.43 Å². The predicted molar refractivity (Wildman–Crippen MR) is 115 cm³/mol. The van der Waals surface area contributed by atoms with Gasteiger partial charge < -0.3 is 14.8 Å². The molecule has 1 aliphatic carbocycles. The molecule has 0 atom stereocenters. The number of anilines is 1. The molecule has 0 aliphatic heterocycles. The van der Waals surface area contributed by atoms with Gasteiger partial charge in [-0.25, -0.2) is 4.79 Å². The molecule has 2 N–H and O–H groups in total. The normalized spacial score (nSPS) is 14.4. The molecule has 0 saturated heterocycles. The van der Waals surface area contributed by atoms with Crippen LogP contribution in [0.25, 0.3) is 22.6 Å². The number of hydrogen-bond acceptors (Lipinski definition) is 4. The van der Waals surface area contributed by atoms with Crippen LogP contribution in [0.3, 0.4) is 0 Å². The van der Waals surface area contributed by atoms with Gasteiger partial charge in [-0.15, -0.1) is 0 Å². The molecule has 1 aromatic heterocycles. The highest BCUT2D eigenvalue weighted by Gasteiger charge is 2.24. The second-order valence-electron chi connectivity index (χ2n) is 7.14. The highest BCUT2D eigenvalue weighted by molar-refractivity contribution is 6.03. The summed E-state index contributed by atoms with van der Waals surface area (Å²) in [6.45, 7) is 2.03. The van der Waals surface area contributed by atoms with Crippen molar-refractivity contribution in [3.05, 3.63) is 87.3 Å². The highest BCUT2D eigenvalue weighted by atomic mass is 16.4. The summed E-state index contributed by atoms with van der Waals surface area (Å²) >= 11 is 0. The van der Waals surface area contributed by atoms with Crippen molar-refractivity contribution < 1.29 is 19.1 Å². The van der Waals surface area contributed by atoms with Crippen LogP contribution in [0, 0.1) is 6.92 Å². The van der Waals surface area contributed by atoms with Crippen LogP contribution in [0.5, 0.6) is 0 Å². The maximum Gasteiger partial charge on any atom is 0.328 e. The average Bonchev–Trinajstić information content (AvgIpc) is 3.11. The van der Waals surface area contributed by atoms with E-state index in [1.54, 1.807) is 18.2 Å².